The summed E-state index contributed by atoms with van der Waals surface area (Å²) < 4.78 is 18.2. The van der Waals surface area contributed by atoms with Gasteiger partial charge in [0.2, 0.25) is 5.91 Å². The summed E-state index contributed by atoms with van der Waals surface area (Å²) >= 11 is 0. The van der Waals surface area contributed by atoms with Gasteiger partial charge in [-0.3, -0.25) is 9.79 Å². The van der Waals surface area contributed by atoms with E-state index in [4.69, 9.17) is 10.5 Å². The van der Waals surface area contributed by atoms with Crippen LogP contribution >= 0.6 is 0 Å². The lowest BCUT2D eigenvalue weighted by molar-refractivity contribution is -0.116. The highest BCUT2D eigenvalue weighted by Gasteiger charge is 2.09. The van der Waals surface area contributed by atoms with Crippen molar-refractivity contribution in [1.82, 2.24) is 5.32 Å². The molecule has 1 amide bonds. The molecule has 0 saturated carbocycles. The van der Waals surface area contributed by atoms with Gasteiger partial charge in [0.25, 0.3) is 0 Å². The highest BCUT2D eigenvalue weighted by Crippen LogP contribution is 2.25. The van der Waals surface area contributed by atoms with Gasteiger partial charge in [-0.1, -0.05) is 30.8 Å². The first kappa shape index (κ1) is 21.1. The van der Waals surface area contributed by atoms with E-state index in [9.17, 15) is 9.18 Å². The van der Waals surface area contributed by atoms with Gasteiger partial charge in [0.05, 0.1) is 13.2 Å². The van der Waals surface area contributed by atoms with E-state index in [2.05, 4.69) is 16.9 Å². The van der Waals surface area contributed by atoms with Crippen LogP contribution in [0.2, 0.25) is 0 Å². The van der Waals surface area contributed by atoms with Crippen molar-refractivity contribution in [2.24, 2.45) is 10.7 Å². The van der Waals surface area contributed by atoms with Crippen LogP contribution in [0, 0.1) is 5.82 Å². The van der Waals surface area contributed by atoms with Crippen molar-refractivity contribution in [2.45, 2.75) is 6.54 Å². The largest absolute Gasteiger partial charge is 0.398 e. The summed E-state index contributed by atoms with van der Waals surface area (Å²) in [5.41, 5.74) is 10.1. The number of halogens is 1. The van der Waals surface area contributed by atoms with E-state index in [-0.39, 0.29) is 11.7 Å². The number of nitrogens with two attached hydrogens (primary N) is 1. The number of rotatable bonds is 9. The van der Waals surface area contributed by atoms with Crippen LogP contribution in [0.1, 0.15) is 11.1 Å². The fraction of sp³-hybridized carbons (Fsp3) is 0.182. The minimum Gasteiger partial charge on any atom is -0.398 e. The van der Waals surface area contributed by atoms with Crippen LogP contribution in [-0.4, -0.2) is 32.4 Å². The Bertz CT molecular complexity index is 874. The molecule has 2 rings (SSSR count). The molecular weight excluding hydrogens is 357 g/mol. The van der Waals surface area contributed by atoms with Crippen molar-refractivity contribution >= 4 is 17.8 Å². The molecule has 0 aliphatic heterocycles. The van der Waals surface area contributed by atoms with Crippen molar-refractivity contribution in [3.05, 3.63) is 78.1 Å². The molecule has 0 atom stereocenters. The van der Waals surface area contributed by atoms with Gasteiger partial charge in [0, 0.05) is 31.1 Å². The molecule has 5 nitrogen and oxygen atoms in total. The average molecular weight is 381 g/mol. The van der Waals surface area contributed by atoms with Crippen molar-refractivity contribution < 1.29 is 13.9 Å². The third-order valence-electron chi connectivity index (χ3n) is 4.02. The normalized spacial score (nSPS) is 11.6. The summed E-state index contributed by atoms with van der Waals surface area (Å²) in [6.07, 6.45) is 4.55. The molecule has 0 aliphatic carbocycles. The van der Waals surface area contributed by atoms with E-state index < -0.39 is 0 Å². The van der Waals surface area contributed by atoms with Gasteiger partial charge >= 0.3 is 0 Å². The molecule has 0 aliphatic rings. The van der Waals surface area contributed by atoms with Crippen LogP contribution in [0.4, 0.5) is 4.39 Å². The zero-order valence-corrected chi connectivity index (χ0v) is 15.8. The number of ether oxygens (including phenoxy) is 1. The average Bonchev–Trinajstić information content (AvgIpc) is 2.72. The van der Waals surface area contributed by atoms with Crippen LogP contribution < -0.4 is 11.1 Å². The van der Waals surface area contributed by atoms with Gasteiger partial charge in [-0.2, -0.15) is 0 Å². The van der Waals surface area contributed by atoms with Crippen molar-refractivity contribution in [3.63, 3.8) is 0 Å². The molecule has 0 bridgehead atoms. The second-order valence-electron chi connectivity index (χ2n) is 5.97. The topological polar surface area (TPSA) is 76.7 Å². The van der Waals surface area contributed by atoms with Gasteiger partial charge in [-0.05, 0) is 47.0 Å². The third kappa shape index (κ3) is 6.17. The highest BCUT2D eigenvalue weighted by molar-refractivity contribution is 5.87. The first-order valence-electron chi connectivity index (χ1n) is 8.79. The van der Waals surface area contributed by atoms with E-state index in [1.165, 1.54) is 18.2 Å². The number of amides is 1. The van der Waals surface area contributed by atoms with Crippen LogP contribution in [-0.2, 0) is 16.1 Å². The molecule has 0 fully saturated rings. The summed E-state index contributed by atoms with van der Waals surface area (Å²) in [4.78, 5) is 15.7. The van der Waals surface area contributed by atoms with E-state index in [0.717, 1.165) is 22.3 Å². The Kier molecular flexibility index (Phi) is 8.11. The maximum absolute atomic E-state index is 13.2. The number of benzene rings is 2. The summed E-state index contributed by atoms with van der Waals surface area (Å²) in [6, 6.07) is 12.0. The lowest BCUT2D eigenvalue weighted by Crippen LogP contribution is -2.21. The van der Waals surface area contributed by atoms with Gasteiger partial charge in [0.15, 0.2) is 0 Å². The zero-order valence-electron chi connectivity index (χ0n) is 15.8. The summed E-state index contributed by atoms with van der Waals surface area (Å²) in [7, 11) is 1.62. The number of carbonyl (C=O) groups is 1. The van der Waals surface area contributed by atoms with Crippen molar-refractivity contribution in [3.8, 4) is 11.1 Å². The number of hydrogen-bond donors (Lipinski definition) is 2. The highest BCUT2D eigenvalue weighted by atomic mass is 19.1. The molecule has 0 radical (unpaired) electrons. The first-order valence-corrected chi connectivity index (χ1v) is 8.79. The smallest absolute Gasteiger partial charge is 0.243 e. The number of hydrogen-bond acceptors (Lipinski definition) is 4. The molecule has 2 aromatic carbocycles. The first-order chi connectivity index (χ1) is 13.5. The number of methoxy groups -OCH3 is 1. The number of carbonyl (C=O) groups excluding carboxylic acids is 1. The Hall–Kier alpha value is -3.25. The molecule has 0 heterocycles. The van der Waals surface area contributed by atoms with Crippen LogP contribution in [0.25, 0.3) is 16.8 Å². The lowest BCUT2D eigenvalue weighted by Gasteiger charge is -2.13. The van der Waals surface area contributed by atoms with Crippen molar-refractivity contribution in [1.29, 1.82) is 0 Å². The Balaban J connectivity index is 2.35. The van der Waals surface area contributed by atoms with Gasteiger partial charge in [-0.25, -0.2) is 4.39 Å². The van der Waals surface area contributed by atoms with Gasteiger partial charge < -0.3 is 15.8 Å². The summed E-state index contributed by atoms with van der Waals surface area (Å²) in [6.45, 7) is 4.83. The number of nitrogens with one attached hydrogen (secondary N) is 1. The SMILES string of the molecule is C=CC(=O)NCc1ccc(-c2ccc(F)cc2)cc1C(N)=CC=NCCOC. The minimum atomic E-state index is -0.292. The molecule has 0 unspecified atom stereocenters. The maximum Gasteiger partial charge on any atom is 0.243 e. The third-order valence-corrected chi connectivity index (χ3v) is 4.02. The maximum atomic E-state index is 13.2. The van der Waals surface area contributed by atoms with Crippen LogP contribution in [0.15, 0.2) is 66.2 Å². The predicted octanol–water partition coefficient (Wildman–Crippen LogP) is 3.31. The lowest BCUT2D eigenvalue weighted by atomic mass is 9.97. The van der Waals surface area contributed by atoms with Gasteiger partial charge in [0.1, 0.15) is 5.82 Å². The number of nitrogens with zero attached hydrogens (tertiary/aromatic N) is 1. The standard InChI is InChI=1S/C22H24FN3O2/c1-3-22(27)26-15-18-5-4-17(16-6-8-19(23)9-7-16)14-20(18)21(24)10-11-25-12-13-28-2/h3-11,14H,1,12-13,15,24H2,2H3,(H,26,27). The second-order valence-corrected chi connectivity index (χ2v) is 5.97. The van der Waals surface area contributed by atoms with Crippen molar-refractivity contribution in [2.75, 3.05) is 20.3 Å². The van der Waals surface area contributed by atoms with E-state index >= 15 is 0 Å². The quantitative estimate of drug-likeness (QED) is 0.397. The molecule has 0 aromatic heterocycles. The van der Waals surface area contributed by atoms with E-state index in [1.807, 2.05) is 18.2 Å². The zero-order chi connectivity index (χ0) is 20.4. The van der Waals surface area contributed by atoms with Gasteiger partial charge in [-0.15, -0.1) is 0 Å². The van der Waals surface area contributed by atoms with E-state index in [0.29, 0.717) is 25.4 Å². The summed E-state index contributed by atoms with van der Waals surface area (Å²) in [5.74, 6) is -0.559. The van der Waals surface area contributed by atoms with Crippen LogP contribution in [0.5, 0.6) is 0 Å². The molecule has 0 saturated heterocycles. The Labute approximate surface area is 164 Å². The van der Waals surface area contributed by atoms with Crippen LogP contribution in [0.3, 0.4) is 0 Å². The summed E-state index contributed by atoms with van der Waals surface area (Å²) in [5, 5.41) is 2.76. The number of aliphatic imine (C=N–C) groups is 1. The minimum absolute atomic E-state index is 0.266. The monoisotopic (exact) mass is 381 g/mol. The Morgan fingerprint density at radius 2 is 1.96 bits per heavy atom. The molecule has 0 spiro atoms. The Morgan fingerprint density at radius 3 is 2.64 bits per heavy atom. The molecule has 28 heavy (non-hydrogen) atoms. The fourth-order valence-electron chi connectivity index (χ4n) is 2.52. The molecule has 6 heteroatoms. The second kappa shape index (κ2) is 10.8. The predicted molar refractivity (Wildman–Crippen MR) is 111 cm³/mol. The molecule has 146 valence electrons. The molecule has 3 N–H and O–H groups in total. The van der Waals surface area contributed by atoms with E-state index in [1.54, 1.807) is 31.5 Å². The Morgan fingerprint density at radius 1 is 1.25 bits per heavy atom. The molecule has 2 aromatic rings. The number of allylic oxidation sites excluding steroid dienone is 1. The molecular formula is C22H24FN3O2. The fourth-order valence-corrected chi connectivity index (χ4v) is 2.52.